The Morgan fingerprint density at radius 2 is 1.62 bits per heavy atom. The van der Waals surface area contributed by atoms with Crippen molar-refractivity contribution in [3.05, 3.63) is 64.7 Å². The summed E-state index contributed by atoms with van der Waals surface area (Å²) in [6.45, 7) is 10.0. The minimum atomic E-state index is -5.08. The Morgan fingerprint density at radius 1 is 1.05 bits per heavy atom. The maximum Gasteiger partial charge on any atom is 0.490 e. The number of nitrogens with zero attached hydrogens (tertiary/aromatic N) is 2. The van der Waals surface area contributed by atoms with Crippen LogP contribution < -0.4 is 4.90 Å². The van der Waals surface area contributed by atoms with E-state index in [4.69, 9.17) is 9.90 Å². The second-order valence-corrected chi connectivity index (χ2v) is 9.84. The highest BCUT2D eigenvalue weighted by atomic mass is 19.4. The van der Waals surface area contributed by atoms with Gasteiger partial charge in [-0.3, -0.25) is 4.79 Å². The molecule has 1 fully saturated rings. The molecule has 2 aromatic rings. The van der Waals surface area contributed by atoms with Gasteiger partial charge in [-0.25, -0.2) is 13.6 Å². The van der Waals surface area contributed by atoms with Gasteiger partial charge in [0.25, 0.3) is 5.91 Å². The Morgan fingerprint density at radius 3 is 2.11 bits per heavy atom. The lowest BCUT2D eigenvalue weighted by molar-refractivity contribution is -0.192. The SMILES string of the molecule is CCCN1CCC2(CC1)CN(C(=O)c1c(F)cccc1F)c1ccc(C(C)C)cc12.O=C(O)C(F)(F)F. The summed E-state index contributed by atoms with van der Waals surface area (Å²) < 4.78 is 60.5. The number of anilines is 1. The number of rotatable bonds is 4. The van der Waals surface area contributed by atoms with Crippen LogP contribution in [0.15, 0.2) is 36.4 Å². The molecule has 2 aromatic carbocycles. The topological polar surface area (TPSA) is 60.9 Å². The summed E-state index contributed by atoms with van der Waals surface area (Å²) in [6.07, 6.45) is -2.06. The van der Waals surface area contributed by atoms with Gasteiger partial charge in [-0.15, -0.1) is 0 Å². The molecule has 0 aliphatic carbocycles. The Balaban J connectivity index is 0.000000479. The molecule has 202 valence electrons. The molecule has 4 rings (SSSR count). The summed E-state index contributed by atoms with van der Waals surface area (Å²) in [4.78, 5) is 26.3. The van der Waals surface area contributed by atoms with E-state index in [9.17, 15) is 26.7 Å². The van der Waals surface area contributed by atoms with E-state index < -0.39 is 35.3 Å². The van der Waals surface area contributed by atoms with E-state index in [0.717, 1.165) is 62.3 Å². The lowest BCUT2D eigenvalue weighted by Crippen LogP contribution is -2.46. The third-order valence-electron chi connectivity index (χ3n) is 7.03. The number of aliphatic carboxylic acids is 1. The molecule has 0 unspecified atom stereocenters. The molecule has 0 radical (unpaired) electrons. The van der Waals surface area contributed by atoms with Crippen molar-refractivity contribution >= 4 is 17.6 Å². The van der Waals surface area contributed by atoms with Gasteiger partial charge in [0.2, 0.25) is 0 Å². The highest BCUT2D eigenvalue weighted by molar-refractivity contribution is 6.08. The monoisotopic (exact) mass is 526 g/mol. The largest absolute Gasteiger partial charge is 0.490 e. The third kappa shape index (κ3) is 6.11. The average Bonchev–Trinajstić information content (AvgIpc) is 3.14. The summed E-state index contributed by atoms with van der Waals surface area (Å²) >= 11 is 0. The van der Waals surface area contributed by atoms with Crippen molar-refractivity contribution in [1.29, 1.82) is 0 Å². The molecule has 0 saturated carbocycles. The van der Waals surface area contributed by atoms with Crippen molar-refractivity contribution in [1.82, 2.24) is 4.90 Å². The van der Waals surface area contributed by atoms with Gasteiger partial charge in [0.1, 0.15) is 17.2 Å². The first-order valence-electron chi connectivity index (χ1n) is 12.2. The second-order valence-electron chi connectivity index (χ2n) is 9.84. The van der Waals surface area contributed by atoms with Gasteiger partial charge in [-0.1, -0.05) is 39.0 Å². The maximum atomic E-state index is 14.4. The number of hydrogen-bond donors (Lipinski definition) is 1. The van der Waals surface area contributed by atoms with E-state index in [-0.39, 0.29) is 5.41 Å². The normalized spacial score (nSPS) is 16.9. The van der Waals surface area contributed by atoms with E-state index in [1.165, 1.54) is 11.6 Å². The number of halogens is 5. The minimum Gasteiger partial charge on any atom is -0.475 e. The summed E-state index contributed by atoms with van der Waals surface area (Å²) in [5, 5.41) is 7.12. The number of amides is 1. The zero-order valence-electron chi connectivity index (χ0n) is 21.0. The molecular formula is C27H31F5N2O3. The van der Waals surface area contributed by atoms with Crippen LogP contribution in [0.1, 0.15) is 67.4 Å². The molecular weight excluding hydrogens is 495 g/mol. The molecule has 1 N–H and O–H groups in total. The zero-order valence-corrected chi connectivity index (χ0v) is 21.0. The predicted octanol–water partition coefficient (Wildman–Crippen LogP) is 6.13. The van der Waals surface area contributed by atoms with Crippen molar-refractivity contribution in [3.63, 3.8) is 0 Å². The van der Waals surface area contributed by atoms with Gasteiger partial charge >= 0.3 is 12.1 Å². The summed E-state index contributed by atoms with van der Waals surface area (Å²) in [5.41, 5.74) is 2.58. The standard InChI is InChI=1S/C25H30F2N2O.C2HF3O2/c1-4-12-28-13-10-25(11-14-28)16-29(22-9-8-18(17(2)3)15-19(22)25)24(30)23-20(26)6-5-7-21(23)27;3-2(4,5)1(6)7/h5-9,15,17H,4,10-14,16H2,1-3H3;(H,6,7). The first-order chi connectivity index (χ1) is 17.3. The van der Waals surface area contributed by atoms with Crippen LogP contribution in [-0.2, 0) is 10.2 Å². The average molecular weight is 527 g/mol. The number of benzene rings is 2. The number of alkyl halides is 3. The Hall–Kier alpha value is -3.01. The number of carbonyl (C=O) groups excluding carboxylic acids is 1. The lowest BCUT2D eigenvalue weighted by Gasteiger charge is -2.40. The molecule has 2 aliphatic rings. The molecule has 1 saturated heterocycles. The molecule has 0 atom stereocenters. The molecule has 10 heteroatoms. The number of fused-ring (bicyclic) bond motifs is 2. The molecule has 2 heterocycles. The zero-order chi connectivity index (χ0) is 27.5. The van der Waals surface area contributed by atoms with Gasteiger partial charge in [0, 0.05) is 17.6 Å². The van der Waals surface area contributed by atoms with Crippen LogP contribution in [0.4, 0.5) is 27.6 Å². The van der Waals surface area contributed by atoms with Gasteiger partial charge in [0.05, 0.1) is 0 Å². The Bertz CT molecular complexity index is 1120. The number of carboxylic acids is 1. The van der Waals surface area contributed by atoms with E-state index in [0.29, 0.717) is 12.5 Å². The number of piperidine rings is 1. The number of carbonyl (C=O) groups is 2. The minimum absolute atomic E-state index is 0.151. The third-order valence-corrected chi connectivity index (χ3v) is 7.03. The molecule has 1 amide bonds. The number of carboxylic acid groups (broad SMARTS) is 1. The summed E-state index contributed by atoms with van der Waals surface area (Å²) in [5.74, 6) is -4.58. The van der Waals surface area contributed by atoms with Crippen LogP contribution in [0.5, 0.6) is 0 Å². The van der Waals surface area contributed by atoms with Gasteiger partial charge < -0.3 is 14.9 Å². The summed E-state index contributed by atoms with van der Waals surface area (Å²) in [7, 11) is 0. The molecule has 37 heavy (non-hydrogen) atoms. The second kappa shape index (κ2) is 11.2. The van der Waals surface area contributed by atoms with Crippen LogP contribution >= 0.6 is 0 Å². The Labute approximate surface area is 212 Å². The Kier molecular flexibility index (Phi) is 8.62. The fourth-order valence-corrected chi connectivity index (χ4v) is 5.01. The highest BCUT2D eigenvalue weighted by Gasteiger charge is 2.47. The van der Waals surface area contributed by atoms with E-state index in [2.05, 4.69) is 31.7 Å². The molecule has 0 bridgehead atoms. The number of likely N-dealkylation sites (tertiary alicyclic amines) is 1. The van der Waals surface area contributed by atoms with Crippen LogP contribution in [0, 0.1) is 11.6 Å². The van der Waals surface area contributed by atoms with E-state index >= 15 is 0 Å². The quantitative estimate of drug-likeness (QED) is 0.488. The van der Waals surface area contributed by atoms with Crippen LogP contribution in [0.25, 0.3) is 0 Å². The first-order valence-corrected chi connectivity index (χ1v) is 12.2. The van der Waals surface area contributed by atoms with E-state index in [1.54, 1.807) is 4.90 Å². The molecule has 1 spiro atoms. The number of hydrogen-bond acceptors (Lipinski definition) is 3. The first kappa shape index (κ1) is 28.6. The van der Waals surface area contributed by atoms with Crippen molar-refractivity contribution in [2.24, 2.45) is 0 Å². The molecule has 0 aromatic heterocycles. The fourth-order valence-electron chi connectivity index (χ4n) is 5.01. The highest BCUT2D eigenvalue weighted by Crippen LogP contribution is 2.48. The molecule has 5 nitrogen and oxygen atoms in total. The van der Waals surface area contributed by atoms with Crippen molar-refractivity contribution < 1.29 is 36.6 Å². The van der Waals surface area contributed by atoms with Crippen LogP contribution in [0.3, 0.4) is 0 Å². The van der Waals surface area contributed by atoms with Crippen LogP contribution in [0.2, 0.25) is 0 Å². The summed E-state index contributed by atoms with van der Waals surface area (Å²) in [6, 6.07) is 9.81. The fraction of sp³-hybridized carbons (Fsp3) is 0.481. The van der Waals surface area contributed by atoms with E-state index in [1.807, 2.05) is 12.1 Å². The predicted molar refractivity (Wildman–Crippen MR) is 130 cm³/mol. The molecule has 2 aliphatic heterocycles. The van der Waals surface area contributed by atoms with Crippen molar-refractivity contribution in [2.75, 3.05) is 31.1 Å². The van der Waals surface area contributed by atoms with Crippen LogP contribution in [-0.4, -0.2) is 54.2 Å². The van der Waals surface area contributed by atoms with Crippen molar-refractivity contribution in [2.45, 2.75) is 57.5 Å². The van der Waals surface area contributed by atoms with Gasteiger partial charge in [-0.05, 0) is 74.1 Å². The van der Waals surface area contributed by atoms with Crippen molar-refractivity contribution in [3.8, 4) is 0 Å². The smallest absolute Gasteiger partial charge is 0.475 e. The van der Waals surface area contributed by atoms with Gasteiger partial charge in [0.15, 0.2) is 0 Å². The lowest BCUT2D eigenvalue weighted by atomic mass is 9.73. The van der Waals surface area contributed by atoms with Gasteiger partial charge in [-0.2, -0.15) is 13.2 Å². The maximum absolute atomic E-state index is 14.4.